The van der Waals surface area contributed by atoms with E-state index >= 15 is 0 Å². The maximum absolute atomic E-state index is 5.51. The summed E-state index contributed by atoms with van der Waals surface area (Å²) in [4.78, 5) is 0. The van der Waals surface area contributed by atoms with E-state index < -0.39 is 0 Å². The van der Waals surface area contributed by atoms with Gasteiger partial charge >= 0.3 is 0 Å². The monoisotopic (exact) mass is 289 g/mol. The summed E-state index contributed by atoms with van der Waals surface area (Å²) in [6, 6.07) is 4.25. The predicted octanol–water partition coefficient (Wildman–Crippen LogP) is 3.59. The van der Waals surface area contributed by atoms with Crippen molar-refractivity contribution in [1.82, 2.24) is 5.32 Å². The third-order valence-electron chi connectivity index (χ3n) is 2.99. The van der Waals surface area contributed by atoms with Crippen molar-refractivity contribution in [2.45, 2.75) is 30.6 Å². The second kappa shape index (κ2) is 4.52. The lowest BCUT2D eigenvalue weighted by Gasteiger charge is -2.16. The Morgan fingerprint density at radius 2 is 2.33 bits per heavy atom. The lowest BCUT2D eigenvalue weighted by atomic mass is 10.2. The Morgan fingerprint density at radius 1 is 1.60 bits per heavy atom. The molecule has 0 radical (unpaired) electrons. The van der Waals surface area contributed by atoms with Crippen molar-refractivity contribution in [2.24, 2.45) is 0 Å². The fourth-order valence-electron chi connectivity index (χ4n) is 1.59. The number of nitrogens with one attached hydrogen (secondary N) is 1. The van der Waals surface area contributed by atoms with Gasteiger partial charge in [0.05, 0.1) is 6.04 Å². The van der Waals surface area contributed by atoms with Crippen molar-refractivity contribution in [1.29, 1.82) is 0 Å². The summed E-state index contributed by atoms with van der Waals surface area (Å²) in [6.45, 7) is 3.22. The molecule has 15 heavy (non-hydrogen) atoms. The summed E-state index contributed by atoms with van der Waals surface area (Å²) in [6.07, 6.45) is 4.88. The summed E-state index contributed by atoms with van der Waals surface area (Å²) < 4.78 is 6.83. The standard InChI is InChI=1S/C11H16BrNOS/c1-8(9-3-4-10(12)14-9)13-7-11(15-2)5-6-11/h3-4,8,13H,5-7H2,1-2H3. The van der Waals surface area contributed by atoms with E-state index in [1.807, 2.05) is 23.9 Å². The highest BCUT2D eigenvalue weighted by Crippen LogP contribution is 2.46. The summed E-state index contributed by atoms with van der Waals surface area (Å²) >= 11 is 5.30. The van der Waals surface area contributed by atoms with E-state index in [1.165, 1.54) is 12.8 Å². The van der Waals surface area contributed by atoms with E-state index in [0.717, 1.165) is 17.0 Å². The third-order valence-corrected chi connectivity index (χ3v) is 4.84. The van der Waals surface area contributed by atoms with Crippen LogP contribution in [0.5, 0.6) is 0 Å². The molecule has 2 nitrogen and oxygen atoms in total. The van der Waals surface area contributed by atoms with Gasteiger partial charge in [0.15, 0.2) is 4.67 Å². The highest BCUT2D eigenvalue weighted by Gasteiger charge is 2.41. The van der Waals surface area contributed by atoms with Crippen molar-refractivity contribution < 1.29 is 4.42 Å². The molecule has 1 saturated carbocycles. The molecule has 0 spiro atoms. The Labute approximate surface area is 103 Å². The molecule has 1 atom stereocenters. The molecule has 0 saturated heterocycles. The zero-order valence-electron chi connectivity index (χ0n) is 9.05. The van der Waals surface area contributed by atoms with E-state index in [0.29, 0.717) is 10.8 Å². The van der Waals surface area contributed by atoms with Crippen LogP contribution in [0.1, 0.15) is 31.6 Å². The van der Waals surface area contributed by atoms with Gasteiger partial charge in [-0.25, -0.2) is 0 Å². The van der Waals surface area contributed by atoms with Gasteiger partial charge in [0, 0.05) is 11.3 Å². The second-order valence-corrected chi connectivity index (χ2v) is 6.19. The molecule has 1 aromatic heterocycles. The molecule has 1 heterocycles. The van der Waals surface area contributed by atoms with Gasteiger partial charge in [-0.05, 0) is 54.1 Å². The minimum atomic E-state index is 0.293. The number of hydrogen-bond acceptors (Lipinski definition) is 3. The van der Waals surface area contributed by atoms with Crippen LogP contribution in [0, 0.1) is 0 Å². The highest BCUT2D eigenvalue weighted by atomic mass is 79.9. The second-order valence-electron chi connectivity index (χ2n) is 4.13. The van der Waals surface area contributed by atoms with Gasteiger partial charge in [0.25, 0.3) is 0 Å². The number of thioether (sulfide) groups is 1. The van der Waals surface area contributed by atoms with Gasteiger partial charge in [-0.15, -0.1) is 0 Å². The molecule has 2 rings (SSSR count). The van der Waals surface area contributed by atoms with Crippen LogP contribution in [-0.2, 0) is 0 Å². The molecule has 1 aromatic rings. The Kier molecular flexibility index (Phi) is 3.48. The molecule has 1 aliphatic rings. The highest BCUT2D eigenvalue weighted by molar-refractivity contribution is 9.10. The van der Waals surface area contributed by atoms with Crippen LogP contribution in [0.15, 0.2) is 21.2 Å². The van der Waals surface area contributed by atoms with Crippen molar-refractivity contribution in [3.63, 3.8) is 0 Å². The van der Waals surface area contributed by atoms with Crippen LogP contribution >= 0.6 is 27.7 Å². The first-order chi connectivity index (χ1) is 7.15. The lowest BCUT2D eigenvalue weighted by Crippen LogP contribution is -2.28. The van der Waals surface area contributed by atoms with E-state index in [2.05, 4.69) is 34.4 Å². The van der Waals surface area contributed by atoms with Gasteiger partial charge in [-0.2, -0.15) is 11.8 Å². The van der Waals surface area contributed by atoms with Gasteiger partial charge < -0.3 is 9.73 Å². The topological polar surface area (TPSA) is 25.2 Å². The summed E-state index contributed by atoms with van der Waals surface area (Å²) in [7, 11) is 0. The molecule has 84 valence electrons. The smallest absolute Gasteiger partial charge is 0.169 e. The molecule has 0 amide bonds. The Bertz CT molecular complexity index is 335. The Morgan fingerprint density at radius 3 is 2.80 bits per heavy atom. The molecule has 0 bridgehead atoms. The van der Waals surface area contributed by atoms with Gasteiger partial charge in [-0.1, -0.05) is 0 Å². The van der Waals surface area contributed by atoms with Crippen molar-refractivity contribution in [3.8, 4) is 0 Å². The Hall–Kier alpha value is 0.0700. The number of furan rings is 1. The molecular weight excluding hydrogens is 274 g/mol. The summed E-state index contributed by atoms with van der Waals surface area (Å²) in [5.74, 6) is 0.999. The predicted molar refractivity (Wildman–Crippen MR) is 68.3 cm³/mol. The molecule has 1 fully saturated rings. The largest absolute Gasteiger partial charge is 0.453 e. The van der Waals surface area contributed by atoms with E-state index in [4.69, 9.17) is 4.42 Å². The quantitative estimate of drug-likeness (QED) is 0.897. The van der Waals surface area contributed by atoms with Crippen LogP contribution in [0.4, 0.5) is 0 Å². The van der Waals surface area contributed by atoms with Gasteiger partial charge in [0.1, 0.15) is 5.76 Å². The maximum Gasteiger partial charge on any atom is 0.169 e. The van der Waals surface area contributed by atoms with Gasteiger partial charge in [0.2, 0.25) is 0 Å². The van der Waals surface area contributed by atoms with Crippen LogP contribution in [0.3, 0.4) is 0 Å². The minimum absolute atomic E-state index is 0.293. The molecule has 1 aliphatic carbocycles. The van der Waals surface area contributed by atoms with Crippen molar-refractivity contribution >= 4 is 27.7 Å². The van der Waals surface area contributed by atoms with E-state index in [9.17, 15) is 0 Å². The van der Waals surface area contributed by atoms with Crippen LogP contribution < -0.4 is 5.32 Å². The third kappa shape index (κ3) is 2.80. The van der Waals surface area contributed by atoms with E-state index in [-0.39, 0.29) is 0 Å². The SMILES string of the molecule is CSC1(CNC(C)c2ccc(Br)o2)CC1. The van der Waals surface area contributed by atoms with Crippen molar-refractivity contribution in [3.05, 3.63) is 22.6 Å². The first-order valence-electron chi connectivity index (χ1n) is 5.19. The van der Waals surface area contributed by atoms with Crippen LogP contribution in [0.2, 0.25) is 0 Å². The summed E-state index contributed by atoms with van der Waals surface area (Å²) in [5, 5.41) is 3.53. The molecule has 1 unspecified atom stereocenters. The lowest BCUT2D eigenvalue weighted by molar-refractivity contribution is 0.417. The maximum atomic E-state index is 5.51. The first kappa shape index (κ1) is 11.6. The zero-order chi connectivity index (χ0) is 10.9. The van der Waals surface area contributed by atoms with Crippen LogP contribution in [0.25, 0.3) is 0 Å². The average Bonchev–Trinajstić information content (AvgIpc) is 2.90. The van der Waals surface area contributed by atoms with E-state index in [1.54, 1.807) is 0 Å². The molecule has 4 heteroatoms. The number of hydrogen-bond donors (Lipinski definition) is 1. The number of rotatable bonds is 5. The summed E-state index contributed by atoms with van der Waals surface area (Å²) in [5.41, 5.74) is 0. The fraction of sp³-hybridized carbons (Fsp3) is 0.636. The average molecular weight is 290 g/mol. The molecule has 0 aromatic carbocycles. The van der Waals surface area contributed by atoms with Crippen LogP contribution in [-0.4, -0.2) is 17.5 Å². The fourth-order valence-corrected chi connectivity index (χ4v) is 2.65. The normalized spacial score (nSPS) is 20.2. The van der Waals surface area contributed by atoms with Gasteiger partial charge in [-0.3, -0.25) is 0 Å². The first-order valence-corrected chi connectivity index (χ1v) is 7.21. The minimum Gasteiger partial charge on any atom is -0.453 e. The number of halogens is 1. The molecular formula is C11H16BrNOS. The zero-order valence-corrected chi connectivity index (χ0v) is 11.5. The Balaban J connectivity index is 1.85. The molecule has 1 N–H and O–H groups in total. The molecule has 0 aliphatic heterocycles. The van der Waals surface area contributed by atoms with Crippen molar-refractivity contribution in [2.75, 3.05) is 12.8 Å².